The lowest BCUT2D eigenvalue weighted by Gasteiger charge is -2.14. The van der Waals surface area contributed by atoms with Crippen LogP contribution in [0.2, 0.25) is 0 Å². The van der Waals surface area contributed by atoms with Gasteiger partial charge < -0.3 is 8.98 Å². The Hall–Kier alpha value is -5.35. The first-order chi connectivity index (χ1) is 19.4. The number of pyridine rings is 1. The van der Waals surface area contributed by atoms with E-state index in [1.54, 1.807) is 0 Å². The van der Waals surface area contributed by atoms with Gasteiger partial charge in [0, 0.05) is 38.5 Å². The monoisotopic (exact) mass is 499 g/mol. The standard InChI is InChI=1S/C35H21N3O/c1-5-15-28-22(10-1)23-11-2-6-16-29(23)37(28)31-18-9-14-26-24-12-3-7-17-30(24)38(33(26)31)35-34-27(20-21-36-35)25-13-4-8-19-32(25)39-34/h1-21H. The van der Waals surface area contributed by atoms with E-state index in [0.717, 1.165) is 44.5 Å². The molecular weight excluding hydrogens is 478 g/mol. The number of hydrogen-bond acceptors (Lipinski definition) is 2. The molecule has 39 heavy (non-hydrogen) atoms. The highest BCUT2D eigenvalue weighted by Crippen LogP contribution is 2.41. The number of rotatable bonds is 2. The van der Waals surface area contributed by atoms with Crippen molar-refractivity contribution in [3.63, 3.8) is 0 Å². The molecule has 0 amide bonds. The molecule has 9 aromatic rings. The summed E-state index contributed by atoms with van der Waals surface area (Å²) in [5.41, 5.74) is 7.32. The molecule has 0 radical (unpaired) electrons. The summed E-state index contributed by atoms with van der Waals surface area (Å²) in [4.78, 5) is 4.95. The molecule has 4 heteroatoms. The number of para-hydroxylation sites is 5. The van der Waals surface area contributed by atoms with Crippen LogP contribution < -0.4 is 0 Å². The third-order valence-electron chi connectivity index (χ3n) is 7.98. The summed E-state index contributed by atoms with van der Waals surface area (Å²) in [7, 11) is 0. The summed E-state index contributed by atoms with van der Waals surface area (Å²) in [6.45, 7) is 0. The molecule has 0 atom stereocenters. The first-order valence-corrected chi connectivity index (χ1v) is 13.2. The number of fused-ring (bicyclic) bond motifs is 9. The van der Waals surface area contributed by atoms with Crippen molar-refractivity contribution >= 4 is 65.6 Å². The molecule has 0 fully saturated rings. The summed E-state index contributed by atoms with van der Waals surface area (Å²) in [5.74, 6) is 0.795. The maximum absolute atomic E-state index is 6.49. The van der Waals surface area contributed by atoms with Crippen LogP contribution in [0.3, 0.4) is 0 Å². The van der Waals surface area contributed by atoms with E-state index in [1.807, 2.05) is 24.4 Å². The van der Waals surface area contributed by atoms with Crippen LogP contribution in [0.15, 0.2) is 132 Å². The molecule has 4 nitrogen and oxygen atoms in total. The molecule has 0 aliphatic heterocycles. The molecule has 4 aromatic heterocycles. The molecule has 0 unspecified atom stereocenters. The van der Waals surface area contributed by atoms with Crippen molar-refractivity contribution in [2.75, 3.05) is 0 Å². The number of nitrogens with zero attached hydrogens (tertiary/aromatic N) is 3. The fourth-order valence-electron chi connectivity index (χ4n) is 6.38. The van der Waals surface area contributed by atoms with E-state index in [0.29, 0.717) is 0 Å². The smallest absolute Gasteiger partial charge is 0.181 e. The molecule has 0 aliphatic rings. The van der Waals surface area contributed by atoms with Crippen LogP contribution in [0.25, 0.3) is 77.1 Å². The Morgan fingerprint density at radius 3 is 1.74 bits per heavy atom. The molecule has 4 heterocycles. The number of aromatic nitrogens is 3. The molecule has 0 N–H and O–H groups in total. The van der Waals surface area contributed by atoms with Gasteiger partial charge in [0.25, 0.3) is 0 Å². The lowest BCUT2D eigenvalue weighted by atomic mass is 10.1. The van der Waals surface area contributed by atoms with Crippen molar-refractivity contribution in [1.82, 2.24) is 14.1 Å². The zero-order chi connectivity index (χ0) is 25.5. The third-order valence-corrected chi connectivity index (χ3v) is 7.98. The highest BCUT2D eigenvalue weighted by Gasteiger charge is 2.22. The number of hydrogen-bond donors (Lipinski definition) is 0. The highest BCUT2D eigenvalue weighted by molar-refractivity contribution is 6.16. The van der Waals surface area contributed by atoms with E-state index in [1.165, 1.54) is 32.6 Å². The van der Waals surface area contributed by atoms with Crippen molar-refractivity contribution in [2.45, 2.75) is 0 Å². The van der Waals surface area contributed by atoms with E-state index in [2.05, 4.69) is 112 Å². The minimum absolute atomic E-state index is 0.790. The normalized spacial score (nSPS) is 12.1. The molecule has 0 spiro atoms. The van der Waals surface area contributed by atoms with Crippen molar-refractivity contribution in [2.24, 2.45) is 0 Å². The van der Waals surface area contributed by atoms with Crippen LogP contribution in [0.1, 0.15) is 0 Å². The molecule has 0 saturated heterocycles. The van der Waals surface area contributed by atoms with Crippen LogP contribution in [-0.4, -0.2) is 14.1 Å². The second-order valence-corrected chi connectivity index (χ2v) is 10.0. The SMILES string of the molecule is c1ccc2c(c1)oc1c(-n3c4ccccc4c4cccc(-n5c6ccccc6c6ccccc65)c43)nccc12. The third kappa shape index (κ3) is 2.70. The van der Waals surface area contributed by atoms with Gasteiger partial charge >= 0.3 is 0 Å². The van der Waals surface area contributed by atoms with Crippen molar-refractivity contribution in [3.05, 3.63) is 128 Å². The second kappa shape index (κ2) is 7.59. The Bertz CT molecular complexity index is 2350. The molecule has 9 rings (SSSR count). The Morgan fingerprint density at radius 1 is 0.462 bits per heavy atom. The zero-order valence-electron chi connectivity index (χ0n) is 20.9. The number of furan rings is 1. The topological polar surface area (TPSA) is 35.9 Å². The van der Waals surface area contributed by atoms with E-state index in [-0.39, 0.29) is 0 Å². The van der Waals surface area contributed by atoms with E-state index in [4.69, 9.17) is 9.40 Å². The maximum atomic E-state index is 6.49. The van der Waals surface area contributed by atoms with Gasteiger partial charge in [0.1, 0.15) is 5.58 Å². The Labute approximate surface area is 222 Å². The Balaban J connectivity index is 1.50. The Kier molecular flexibility index (Phi) is 4.02. The van der Waals surface area contributed by atoms with Gasteiger partial charge in [0.05, 0.1) is 27.8 Å². The molecule has 5 aromatic carbocycles. The second-order valence-electron chi connectivity index (χ2n) is 10.0. The largest absolute Gasteiger partial charge is 0.452 e. The molecular formula is C35H21N3O. The number of benzene rings is 5. The molecule has 0 saturated carbocycles. The maximum Gasteiger partial charge on any atom is 0.181 e. The molecule has 0 bridgehead atoms. The summed E-state index contributed by atoms with van der Waals surface area (Å²) in [6.07, 6.45) is 1.89. The first kappa shape index (κ1) is 20.7. The van der Waals surface area contributed by atoms with Crippen LogP contribution in [0, 0.1) is 0 Å². The average molecular weight is 500 g/mol. The molecule has 0 aliphatic carbocycles. The quantitative estimate of drug-likeness (QED) is 0.238. The van der Waals surface area contributed by atoms with Gasteiger partial charge in [-0.2, -0.15) is 0 Å². The van der Waals surface area contributed by atoms with Crippen LogP contribution in [0.5, 0.6) is 0 Å². The van der Waals surface area contributed by atoms with Gasteiger partial charge in [-0.05, 0) is 36.4 Å². The van der Waals surface area contributed by atoms with Crippen LogP contribution >= 0.6 is 0 Å². The van der Waals surface area contributed by atoms with E-state index < -0.39 is 0 Å². The van der Waals surface area contributed by atoms with Crippen LogP contribution in [0.4, 0.5) is 0 Å². The fourth-order valence-corrected chi connectivity index (χ4v) is 6.38. The predicted molar refractivity (Wildman–Crippen MR) is 160 cm³/mol. The van der Waals surface area contributed by atoms with Crippen molar-refractivity contribution in [3.8, 4) is 11.5 Å². The lowest BCUT2D eigenvalue weighted by Crippen LogP contribution is -2.02. The Morgan fingerprint density at radius 2 is 1.03 bits per heavy atom. The van der Waals surface area contributed by atoms with E-state index >= 15 is 0 Å². The highest BCUT2D eigenvalue weighted by atomic mass is 16.3. The summed E-state index contributed by atoms with van der Waals surface area (Å²) < 4.78 is 11.2. The first-order valence-electron chi connectivity index (χ1n) is 13.2. The summed E-state index contributed by atoms with van der Waals surface area (Å²) >= 11 is 0. The van der Waals surface area contributed by atoms with Gasteiger partial charge in [-0.3, -0.25) is 4.57 Å². The van der Waals surface area contributed by atoms with Gasteiger partial charge in [-0.25, -0.2) is 4.98 Å². The summed E-state index contributed by atoms with van der Waals surface area (Å²) in [6, 6.07) is 42.7. The van der Waals surface area contributed by atoms with Gasteiger partial charge in [0.15, 0.2) is 11.4 Å². The zero-order valence-corrected chi connectivity index (χ0v) is 20.9. The minimum Gasteiger partial charge on any atom is -0.452 e. The van der Waals surface area contributed by atoms with Crippen LogP contribution in [-0.2, 0) is 0 Å². The van der Waals surface area contributed by atoms with Gasteiger partial charge in [0.2, 0.25) is 0 Å². The lowest BCUT2D eigenvalue weighted by molar-refractivity contribution is 0.663. The van der Waals surface area contributed by atoms with Crippen molar-refractivity contribution < 1.29 is 4.42 Å². The van der Waals surface area contributed by atoms with Gasteiger partial charge in [-0.1, -0.05) is 84.9 Å². The summed E-state index contributed by atoms with van der Waals surface area (Å²) in [5, 5.41) is 7.01. The average Bonchev–Trinajstić information content (AvgIpc) is 3.65. The van der Waals surface area contributed by atoms with Crippen molar-refractivity contribution in [1.29, 1.82) is 0 Å². The predicted octanol–water partition coefficient (Wildman–Crippen LogP) is 9.18. The molecule has 182 valence electrons. The van der Waals surface area contributed by atoms with Gasteiger partial charge in [-0.15, -0.1) is 0 Å². The van der Waals surface area contributed by atoms with E-state index in [9.17, 15) is 0 Å². The minimum atomic E-state index is 0.790. The fraction of sp³-hybridized carbons (Fsp3) is 0.